The molecule has 16 heteroatoms. The zero-order chi connectivity index (χ0) is 28.8. The highest BCUT2D eigenvalue weighted by atomic mass is 32.2. The molecule has 0 aliphatic carbocycles. The fraction of sp³-hybridized carbons (Fsp3) is 0.417. The highest BCUT2D eigenvalue weighted by Crippen LogP contribution is 2.08. The Kier molecular flexibility index (Phi) is 14.0. The summed E-state index contributed by atoms with van der Waals surface area (Å²) in [6, 6.07) is 11.0. The van der Waals surface area contributed by atoms with E-state index in [1.807, 2.05) is 35.8 Å². The van der Waals surface area contributed by atoms with Crippen molar-refractivity contribution in [3.05, 3.63) is 42.6 Å². The lowest BCUT2D eigenvalue weighted by Gasteiger charge is -2.08. The van der Waals surface area contributed by atoms with Gasteiger partial charge >= 0.3 is 18.1 Å². The number of rotatable bonds is 0. The Hall–Kier alpha value is -4.31. The molecule has 0 saturated carbocycles. The van der Waals surface area contributed by atoms with Crippen LogP contribution in [-0.2, 0) is 19.6 Å². The lowest BCUT2D eigenvalue weighted by molar-refractivity contribution is -0.121. The molecule has 8 amide bonds. The fourth-order valence-corrected chi connectivity index (χ4v) is 4.14. The van der Waals surface area contributed by atoms with Gasteiger partial charge in [-0.05, 0) is 25.5 Å². The van der Waals surface area contributed by atoms with Crippen LogP contribution in [0.3, 0.4) is 0 Å². The van der Waals surface area contributed by atoms with Crippen LogP contribution in [0.2, 0.25) is 0 Å². The van der Waals surface area contributed by atoms with Crippen molar-refractivity contribution in [1.29, 1.82) is 0 Å². The topological polar surface area (TPSA) is 208 Å². The SMILES string of the molecule is C.CC1C(=O)NC(=O)N1C.O=C1CNC(=O)N1.O=C1NCCN1.O=S1(=O)CCCN1.c1ccc2ncccc2c1. The molecule has 0 radical (unpaired) electrons. The summed E-state index contributed by atoms with van der Waals surface area (Å²) in [6.07, 6.45) is 2.57. The lowest BCUT2D eigenvalue weighted by atomic mass is 10.2. The number of benzene rings is 1. The quantitative estimate of drug-likeness (QED) is 0.231. The standard InChI is InChI=1S/C9H7N.C5H8N2O2.C3H4N2O2.C3H6N2O.C3H7NO2S.CH4/c1-2-6-9-8(4-1)5-3-7-10-9;1-3-4(8)6-5(9)7(3)2;6-2-1-4-3(7)5-2;6-3-4-1-2-5-3;5-7(6)3-1-2-4-7;/h1-7H;3H,1-2H3,(H,6,8,9);1H2,(H2,4,5,6,7);1-2H2,(H2,4,5,6);4H,1-3H2;1H4. The highest BCUT2D eigenvalue weighted by Gasteiger charge is 2.31. The Bertz CT molecular complexity index is 1170. The van der Waals surface area contributed by atoms with Crippen molar-refractivity contribution in [3.8, 4) is 0 Å². The number of imide groups is 2. The van der Waals surface area contributed by atoms with Gasteiger partial charge in [-0.25, -0.2) is 27.5 Å². The Morgan fingerprint density at radius 1 is 0.875 bits per heavy atom. The van der Waals surface area contributed by atoms with E-state index in [0.717, 1.165) is 25.0 Å². The van der Waals surface area contributed by atoms with Crippen LogP contribution in [-0.4, -0.2) is 93.2 Å². The van der Waals surface area contributed by atoms with Gasteiger partial charge < -0.3 is 20.9 Å². The summed E-state index contributed by atoms with van der Waals surface area (Å²) < 4.78 is 23.0. The number of carbonyl (C=O) groups is 5. The van der Waals surface area contributed by atoms with Crippen molar-refractivity contribution in [2.24, 2.45) is 0 Å². The van der Waals surface area contributed by atoms with E-state index in [-0.39, 0.29) is 43.9 Å². The lowest BCUT2D eigenvalue weighted by Crippen LogP contribution is -2.27. The van der Waals surface area contributed by atoms with Gasteiger partial charge in [0.2, 0.25) is 15.9 Å². The first-order chi connectivity index (χ1) is 18.5. The Labute approximate surface area is 232 Å². The molecule has 1 aromatic heterocycles. The maximum atomic E-state index is 10.6. The minimum Gasteiger partial charge on any atom is -0.336 e. The van der Waals surface area contributed by atoms with Gasteiger partial charge in [0.15, 0.2) is 0 Å². The summed E-state index contributed by atoms with van der Waals surface area (Å²) in [5, 5.41) is 12.8. The van der Waals surface area contributed by atoms with Crippen molar-refractivity contribution < 1.29 is 32.4 Å². The molecule has 1 aromatic carbocycles. The number of fused-ring (bicyclic) bond motifs is 1. The van der Waals surface area contributed by atoms with Gasteiger partial charge in [0.25, 0.3) is 5.91 Å². The van der Waals surface area contributed by atoms with Gasteiger partial charge in [0, 0.05) is 38.3 Å². The van der Waals surface area contributed by atoms with Crippen LogP contribution in [0.25, 0.3) is 10.9 Å². The molecular weight excluding hydrogens is 544 g/mol. The molecule has 6 N–H and O–H groups in total. The highest BCUT2D eigenvalue weighted by molar-refractivity contribution is 7.89. The predicted octanol–water partition coefficient (Wildman–Crippen LogP) is -0.138. The normalized spacial score (nSPS) is 19.7. The van der Waals surface area contributed by atoms with Crippen LogP contribution in [0.15, 0.2) is 42.6 Å². The first-order valence-electron chi connectivity index (χ1n) is 11.9. The molecule has 4 fully saturated rings. The number of carbonyl (C=O) groups excluding carboxylic acids is 5. The number of nitrogens with one attached hydrogen (secondary N) is 6. The zero-order valence-electron chi connectivity index (χ0n) is 21.5. The molecule has 0 bridgehead atoms. The van der Waals surface area contributed by atoms with Crippen LogP contribution < -0.4 is 31.3 Å². The van der Waals surface area contributed by atoms with Crippen LogP contribution in [0, 0.1) is 0 Å². The predicted molar refractivity (Wildman–Crippen MR) is 149 cm³/mol. The summed E-state index contributed by atoms with van der Waals surface area (Å²) in [5.41, 5.74) is 1.06. The van der Waals surface area contributed by atoms with Gasteiger partial charge in [-0.1, -0.05) is 31.7 Å². The summed E-state index contributed by atoms with van der Waals surface area (Å²) in [5.74, 6) is -0.167. The van der Waals surface area contributed by atoms with E-state index in [0.29, 0.717) is 12.3 Å². The van der Waals surface area contributed by atoms with Crippen molar-refractivity contribution in [2.75, 3.05) is 39.0 Å². The molecule has 4 saturated heterocycles. The molecular formula is C24H36N8O7S. The Morgan fingerprint density at radius 2 is 1.52 bits per heavy atom. The minimum atomic E-state index is -2.80. The molecule has 15 nitrogen and oxygen atoms in total. The molecule has 4 aliphatic heterocycles. The van der Waals surface area contributed by atoms with Gasteiger partial charge in [-0.2, -0.15) is 0 Å². The fourth-order valence-electron chi connectivity index (χ4n) is 3.02. The Morgan fingerprint density at radius 3 is 1.85 bits per heavy atom. The van der Waals surface area contributed by atoms with Crippen molar-refractivity contribution in [1.82, 2.24) is 41.2 Å². The minimum absolute atomic E-state index is 0. The Balaban J connectivity index is 0.000000252. The number of urea groups is 3. The second-order valence-electron chi connectivity index (χ2n) is 8.26. The van der Waals surface area contributed by atoms with Crippen molar-refractivity contribution in [2.45, 2.75) is 26.8 Å². The number of aromatic nitrogens is 1. The molecule has 220 valence electrons. The summed E-state index contributed by atoms with van der Waals surface area (Å²) in [7, 11) is -1.21. The number of sulfonamides is 1. The third kappa shape index (κ3) is 12.0. The number of pyridine rings is 1. The maximum absolute atomic E-state index is 10.6. The number of likely N-dealkylation sites (N-methyl/N-ethyl adjacent to an activating group) is 1. The van der Waals surface area contributed by atoms with E-state index in [4.69, 9.17) is 0 Å². The van der Waals surface area contributed by atoms with E-state index in [1.54, 1.807) is 14.0 Å². The molecule has 5 heterocycles. The molecule has 1 atom stereocenters. The van der Waals surface area contributed by atoms with E-state index in [1.165, 1.54) is 10.3 Å². The smallest absolute Gasteiger partial charge is 0.324 e. The molecule has 40 heavy (non-hydrogen) atoms. The van der Waals surface area contributed by atoms with E-state index >= 15 is 0 Å². The molecule has 2 aromatic rings. The monoisotopic (exact) mass is 580 g/mol. The summed E-state index contributed by atoms with van der Waals surface area (Å²) >= 11 is 0. The second-order valence-corrected chi connectivity index (χ2v) is 10.2. The average molecular weight is 581 g/mol. The third-order valence-corrected chi connectivity index (χ3v) is 6.76. The van der Waals surface area contributed by atoms with Crippen LogP contribution in [0.4, 0.5) is 14.4 Å². The van der Waals surface area contributed by atoms with E-state index in [9.17, 15) is 32.4 Å². The summed E-state index contributed by atoms with van der Waals surface area (Å²) in [4.78, 5) is 56.8. The second kappa shape index (κ2) is 16.6. The number of para-hydroxylation sites is 1. The van der Waals surface area contributed by atoms with Gasteiger partial charge in [0.1, 0.15) is 6.04 Å². The van der Waals surface area contributed by atoms with Gasteiger partial charge in [0.05, 0.1) is 17.8 Å². The summed E-state index contributed by atoms with van der Waals surface area (Å²) in [6.45, 7) is 3.99. The van der Waals surface area contributed by atoms with E-state index < -0.39 is 16.1 Å². The zero-order valence-corrected chi connectivity index (χ0v) is 22.3. The first-order valence-corrected chi connectivity index (χ1v) is 13.6. The molecule has 6 rings (SSSR count). The van der Waals surface area contributed by atoms with Gasteiger partial charge in [-0.3, -0.25) is 25.2 Å². The van der Waals surface area contributed by atoms with Crippen molar-refractivity contribution in [3.63, 3.8) is 0 Å². The largest absolute Gasteiger partial charge is 0.336 e. The number of hydrogen-bond acceptors (Lipinski definition) is 8. The maximum Gasteiger partial charge on any atom is 0.324 e. The molecule has 4 aliphatic rings. The number of hydrogen-bond donors (Lipinski definition) is 6. The average Bonchev–Trinajstić information content (AvgIpc) is 3.70. The van der Waals surface area contributed by atoms with Crippen molar-refractivity contribution >= 4 is 50.8 Å². The van der Waals surface area contributed by atoms with Crippen LogP contribution in [0.1, 0.15) is 20.8 Å². The van der Waals surface area contributed by atoms with Crippen LogP contribution >= 0.6 is 0 Å². The van der Waals surface area contributed by atoms with E-state index in [2.05, 4.69) is 43.1 Å². The van der Waals surface area contributed by atoms with Gasteiger partial charge in [-0.15, -0.1) is 0 Å². The first kappa shape index (κ1) is 33.7. The number of nitrogens with zero attached hydrogens (tertiary/aromatic N) is 2. The molecule has 1 unspecified atom stereocenters. The molecule has 0 spiro atoms. The number of amides is 8. The third-order valence-electron chi connectivity index (χ3n) is 5.29. The van der Waals surface area contributed by atoms with Crippen LogP contribution in [0.5, 0.6) is 0 Å².